The molecule has 1 aliphatic heterocycles. The van der Waals surface area contributed by atoms with Gasteiger partial charge >= 0.3 is 6.03 Å². The van der Waals surface area contributed by atoms with E-state index < -0.39 is 0 Å². The van der Waals surface area contributed by atoms with Gasteiger partial charge in [-0.2, -0.15) is 0 Å². The summed E-state index contributed by atoms with van der Waals surface area (Å²) in [7, 11) is 4.08. The maximum atomic E-state index is 12.7. The lowest BCUT2D eigenvalue weighted by atomic mass is 10.1. The Balaban J connectivity index is 1.59. The van der Waals surface area contributed by atoms with Gasteiger partial charge < -0.3 is 15.5 Å². The molecule has 1 saturated heterocycles. The van der Waals surface area contributed by atoms with Gasteiger partial charge in [-0.25, -0.2) is 4.79 Å². The molecule has 2 aromatic carbocycles. The van der Waals surface area contributed by atoms with Gasteiger partial charge in [0, 0.05) is 19.1 Å². The highest BCUT2D eigenvalue weighted by Gasteiger charge is 2.24. The number of nitrogens with zero attached hydrogens (tertiary/aromatic N) is 2. The largest absolute Gasteiger partial charge is 0.336 e. The number of nitrogens with one attached hydrogen (secondary N) is 2. The van der Waals surface area contributed by atoms with Crippen LogP contribution in [0.3, 0.4) is 0 Å². The van der Waals surface area contributed by atoms with Gasteiger partial charge in [0.2, 0.25) is 0 Å². The minimum Gasteiger partial charge on any atom is -0.336 e. The summed E-state index contributed by atoms with van der Waals surface area (Å²) in [6, 6.07) is 21.0. The van der Waals surface area contributed by atoms with E-state index >= 15 is 0 Å². The Morgan fingerprint density at radius 1 is 1.00 bits per heavy atom. The zero-order valence-corrected chi connectivity index (χ0v) is 17.7. The van der Waals surface area contributed by atoms with Crippen molar-refractivity contribution in [3.05, 3.63) is 71.8 Å². The SMILES string of the molecule is CN(C)CC(Cc1ccccc1)NC(=O)NCC(c1ccccc1)N1CCCC1. The molecule has 5 nitrogen and oxygen atoms in total. The van der Waals surface area contributed by atoms with Crippen molar-refractivity contribution in [2.24, 2.45) is 0 Å². The van der Waals surface area contributed by atoms with Crippen LogP contribution in [0, 0.1) is 0 Å². The molecule has 0 radical (unpaired) electrons. The number of carbonyl (C=O) groups is 1. The Bertz CT molecular complexity index is 729. The molecule has 5 heteroatoms. The molecule has 0 spiro atoms. The molecule has 156 valence electrons. The standard InChI is InChI=1S/C24H34N4O/c1-27(2)19-22(17-20-11-5-3-6-12-20)26-24(29)25-18-23(28-15-9-10-16-28)21-13-7-4-8-14-21/h3-8,11-14,22-23H,9-10,15-19H2,1-2H3,(H2,25,26,29). The summed E-state index contributed by atoms with van der Waals surface area (Å²) in [6.45, 7) is 3.62. The van der Waals surface area contributed by atoms with Crippen molar-refractivity contribution in [3.63, 3.8) is 0 Å². The number of hydrogen-bond donors (Lipinski definition) is 2. The first-order valence-corrected chi connectivity index (χ1v) is 10.6. The number of benzene rings is 2. The zero-order valence-electron chi connectivity index (χ0n) is 17.7. The smallest absolute Gasteiger partial charge is 0.315 e. The summed E-state index contributed by atoms with van der Waals surface area (Å²) < 4.78 is 0. The minimum atomic E-state index is -0.0899. The van der Waals surface area contributed by atoms with Crippen LogP contribution in [0.5, 0.6) is 0 Å². The fourth-order valence-electron chi connectivity index (χ4n) is 4.11. The van der Waals surface area contributed by atoms with Gasteiger partial charge in [0.1, 0.15) is 0 Å². The quantitative estimate of drug-likeness (QED) is 0.686. The summed E-state index contributed by atoms with van der Waals surface area (Å²) in [4.78, 5) is 17.3. The Kier molecular flexibility index (Phi) is 8.08. The van der Waals surface area contributed by atoms with Gasteiger partial charge in [-0.3, -0.25) is 4.90 Å². The van der Waals surface area contributed by atoms with Gasteiger partial charge in [0.15, 0.2) is 0 Å². The first-order chi connectivity index (χ1) is 14.1. The lowest BCUT2D eigenvalue weighted by Gasteiger charge is -2.29. The van der Waals surface area contributed by atoms with Crippen LogP contribution >= 0.6 is 0 Å². The first-order valence-electron chi connectivity index (χ1n) is 10.6. The average Bonchev–Trinajstić information content (AvgIpc) is 3.24. The number of urea groups is 1. The molecule has 2 amide bonds. The first kappa shape index (κ1) is 21.3. The van der Waals surface area contributed by atoms with E-state index in [-0.39, 0.29) is 18.1 Å². The Labute approximate surface area is 175 Å². The summed E-state index contributed by atoms with van der Waals surface area (Å²) >= 11 is 0. The molecule has 0 aromatic heterocycles. The Morgan fingerprint density at radius 2 is 1.62 bits per heavy atom. The minimum absolute atomic E-state index is 0.0642. The molecule has 29 heavy (non-hydrogen) atoms. The molecule has 2 N–H and O–H groups in total. The third-order valence-electron chi connectivity index (χ3n) is 5.47. The van der Waals surface area contributed by atoms with E-state index in [0.717, 1.165) is 26.1 Å². The molecule has 0 saturated carbocycles. The molecule has 1 fully saturated rings. The van der Waals surface area contributed by atoms with Crippen LogP contribution in [0.25, 0.3) is 0 Å². The second-order valence-corrected chi connectivity index (χ2v) is 8.17. The maximum absolute atomic E-state index is 12.7. The summed E-state index contributed by atoms with van der Waals surface area (Å²) in [5.41, 5.74) is 2.50. The van der Waals surface area contributed by atoms with Crippen LogP contribution in [0.15, 0.2) is 60.7 Å². The number of amides is 2. The summed E-state index contributed by atoms with van der Waals surface area (Å²) in [5, 5.41) is 6.32. The number of carbonyl (C=O) groups excluding carboxylic acids is 1. The molecule has 0 bridgehead atoms. The number of likely N-dealkylation sites (tertiary alicyclic amines) is 1. The monoisotopic (exact) mass is 394 g/mol. The van der Waals surface area contributed by atoms with Crippen molar-refractivity contribution < 1.29 is 4.79 Å². The third kappa shape index (κ3) is 6.87. The van der Waals surface area contributed by atoms with Crippen LogP contribution < -0.4 is 10.6 Å². The van der Waals surface area contributed by atoms with Crippen molar-refractivity contribution in [1.82, 2.24) is 20.4 Å². The molecule has 0 aliphatic carbocycles. The van der Waals surface area contributed by atoms with Gasteiger partial charge in [-0.1, -0.05) is 60.7 Å². The van der Waals surface area contributed by atoms with E-state index in [0.29, 0.717) is 6.54 Å². The fraction of sp³-hybridized carbons (Fsp3) is 0.458. The lowest BCUT2D eigenvalue weighted by Crippen LogP contribution is -2.49. The van der Waals surface area contributed by atoms with Crippen molar-refractivity contribution in [2.45, 2.75) is 31.3 Å². The molecule has 2 atom stereocenters. The molecular weight excluding hydrogens is 360 g/mol. The highest BCUT2D eigenvalue weighted by atomic mass is 16.2. The van der Waals surface area contributed by atoms with Gasteiger partial charge in [-0.15, -0.1) is 0 Å². The van der Waals surface area contributed by atoms with Gasteiger partial charge in [-0.05, 0) is 57.6 Å². The molecule has 3 rings (SSSR count). The summed E-state index contributed by atoms with van der Waals surface area (Å²) in [5.74, 6) is 0. The lowest BCUT2D eigenvalue weighted by molar-refractivity contribution is 0.215. The normalized spacial score (nSPS) is 16.5. The second-order valence-electron chi connectivity index (χ2n) is 8.17. The molecule has 2 aromatic rings. The van der Waals surface area contributed by atoms with Crippen LogP contribution in [0.1, 0.15) is 30.0 Å². The number of hydrogen-bond acceptors (Lipinski definition) is 3. The van der Waals surface area contributed by atoms with Crippen LogP contribution in [-0.2, 0) is 6.42 Å². The highest BCUT2D eigenvalue weighted by Crippen LogP contribution is 2.24. The van der Waals surface area contributed by atoms with Gasteiger partial charge in [0.05, 0.1) is 6.04 Å². The third-order valence-corrected chi connectivity index (χ3v) is 5.47. The number of rotatable bonds is 9. The van der Waals surface area contributed by atoms with Crippen molar-refractivity contribution in [3.8, 4) is 0 Å². The van der Waals surface area contributed by atoms with E-state index in [1.807, 2.05) is 38.4 Å². The van der Waals surface area contributed by atoms with E-state index in [2.05, 4.69) is 56.8 Å². The van der Waals surface area contributed by atoms with Crippen LogP contribution in [-0.4, -0.2) is 62.1 Å². The van der Waals surface area contributed by atoms with Crippen molar-refractivity contribution >= 4 is 6.03 Å². The second kappa shape index (κ2) is 11.0. The van der Waals surface area contributed by atoms with E-state index in [9.17, 15) is 4.79 Å². The van der Waals surface area contributed by atoms with E-state index in [4.69, 9.17) is 0 Å². The predicted octanol–water partition coefficient (Wildman–Crippen LogP) is 3.30. The van der Waals surface area contributed by atoms with Crippen molar-refractivity contribution in [2.75, 3.05) is 40.3 Å². The average molecular weight is 395 g/mol. The zero-order chi connectivity index (χ0) is 20.5. The van der Waals surface area contributed by atoms with Crippen molar-refractivity contribution in [1.29, 1.82) is 0 Å². The molecule has 2 unspecified atom stereocenters. The Morgan fingerprint density at radius 3 is 2.24 bits per heavy atom. The molecule has 1 aliphatic rings. The van der Waals surface area contributed by atoms with E-state index in [1.165, 1.54) is 24.0 Å². The maximum Gasteiger partial charge on any atom is 0.315 e. The van der Waals surface area contributed by atoms with Crippen LogP contribution in [0.2, 0.25) is 0 Å². The fourth-order valence-corrected chi connectivity index (χ4v) is 4.11. The highest BCUT2D eigenvalue weighted by molar-refractivity contribution is 5.74. The Hall–Kier alpha value is -2.37. The molecular formula is C24H34N4O. The number of likely N-dealkylation sites (N-methyl/N-ethyl adjacent to an activating group) is 1. The topological polar surface area (TPSA) is 47.6 Å². The van der Waals surface area contributed by atoms with Gasteiger partial charge in [0.25, 0.3) is 0 Å². The molecule has 1 heterocycles. The van der Waals surface area contributed by atoms with E-state index in [1.54, 1.807) is 0 Å². The predicted molar refractivity (Wildman–Crippen MR) is 119 cm³/mol. The summed E-state index contributed by atoms with van der Waals surface area (Å²) in [6.07, 6.45) is 3.29. The van der Waals surface area contributed by atoms with Crippen LogP contribution in [0.4, 0.5) is 4.79 Å².